The van der Waals surface area contributed by atoms with Crippen LogP contribution in [0.2, 0.25) is 0 Å². The lowest BCUT2D eigenvalue weighted by Crippen LogP contribution is -2.16. The van der Waals surface area contributed by atoms with Crippen molar-refractivity contribution in [2.24, 2.45) is 0 Å². The number of carboxylic acids is 3. The van der Waals surface area contributed by atoms with Gasteiger partial charge in [0, 0.05) is 11.1 Å². The molecule has 10 nitrogen and oxygen atoms in total. The second kappa shape index (κ2) is 12.4. The molecule has 1 aromatic carbocycles. The minimum absolute atomic E-state index is 0.0498. The minimum atomic E-state index is -1.27. The van der Waals surface area contributed by atoms with Crippen molar-refractivity contribution >= 4 is 29.8 Å². The van der Waals surface area contributed by atoms with E-state index in [2.05, 4.69) is 13.2 Å². The van der Waals surface area contributed by atoms with Gasteiger partial charge in [-0.05, 0) is 19.1 Å². The molecule has 0 saturated heterocycles. The van der Waals surface area contributed by atoms with E-state index in [0.717, 1.165) is 0 Å². The number of carbonyl (C=O) groups excluding carboxylic acids is 2. The summed E-state index contributed by atoms with van der Waals surface area (Å²) in [4.78, 5) is 53.4. The van der Waals surface area contributed by atoms with E-state index < -0.39 is 36.3 Å². The molecule has 0 fully saturated rings. The van der Waals surface area contributed by atoms with Crippen LogP contribution in [-0.2, 0) is 23.9 Å². The molecule has 0 bridgehead atoms. The van der Waals surface area contributed by atoms with Gasteiger partial charge in [0.2, 0.25) is 0 Å². The minimum Gasteiger partial charge on any atom is -0.481 e. The first kappa shape index (κ1) is 25.1. The lowest BCUT2D eigenvalue weighted by Gasteiger charge is -2.07. The monoisotopic (exact) mass is 408 g/mol. The molecule has 156 valence electrons. The van der Waals surface area contributed by atoms with E-state index in [1.807, 2.05) is 0 Å². The zero-order valence-corrected chi connectivity index (χ0v) is 15.5. The highest BCUT2D eigenvalue weighted by Gasteiger charge is 2.17. The first-order chi connectivity index (χ1) is 13.5. The van der Waals surface area contributed by atoms with Crippen molar-refractivity contribution in [2.75, 3.05) is 13.2 Å². The number of hydrogen-bond donors (Lipinski definition) is 3. The zero-order valence-electron chi connectivity index (χ0n) is 15.5. The van der Waals surface area contributed by atoms with Gasteiger partial charge in [-0.2, -0.15) is 0 Å². The van der Waals surface area contributed by atoms with E-state index in [4.69, 9.17) is 24.8 Å². The molecule has 0 aliphatic carbocycles. The van der Waals surface area contributed by atoms with Gasteiger partial charge in [-0.3, -0.25) is 4.79 Å². The number of aliphatic carboxylic acids is 2. The van der Waals surface area contributed by atoms with Crippen molar-refractivity contribution in [1.82, 2.24) is 0 Å². The average Bonchev–Trinajstić information content (AvgIpc) is 2.64. The van der Waals surface area contributed by atoms with Gasteiger partial charge >= 0.3 is 29.8 Å². The van der Waals surface area contributed by atoms with Gasteiger partial charge in [-0.25, -0.2) is 19.2 Å². The molecule has 1 rings (SSSR count). The molecule has 10 heteroatoms. The maximum atomic E-state index is 11.7. The largest absolute Gasteiger partial charge is 0.481 e. The van der Waals surface area contributed by atoms with E-state index in [1.54, 1.807) is 0 Å². The van der Waals surface area contributed by atoms with Gasteiger partial charge in [-0.15, -0.1) is 0 Å². The normalized spacial score (nSPS) is 9.28. The summed E-state index contributed by atoms with van der Waals surface area (Å²) in [5, 5.41) is 25.0. The number of esters is 2. The summed E-state index contributed by atoms with van der Waals surface area (Å²) in [6.45, 7) is 7.63. The summed E-state index contributed by atoms with van der Waals surface area (Å²) in [7, 11) is 0. The van der Waals surface area contributed by atoms with Crippen LogP contribution in [-0.4, -0.2) is 58.4 Å². The van der Waals surface area contributed by atoms with Crippen molar-refractivity contribution < 1.29 is 48.8 Å². The topological polar surface area (TPSA) is 164 Å². The number of carbonyl (C=O) groups is 5. The maximum absolute atomic E-state index is 11.7. The number of hydrogen-bond acceptors (Lipinski definition) is 7. The molecule has 3 N–H and O–H groups in total. The molecule has 0 unspecified atom stereocenters. The summed E-state index contributed by atoms with van der Waals surface area (Å²) in [5.74, 6) is -5.02. The summed E-state index contributed by atoms with van der Waals surface area (Å²) >= 11 is 0. The molecule has 0 radical (unpaired) electrons. The lowest BCUT2D eigenvalue weighted by atomic mass is 10.1. The molecule has 0 saturated carbocycles. The van der Waals surface area contributed by atoms with Crippen LogP contribution in [0.5, 0.6) is 0 Å². The van der Waals surface area contributed by atoms with Crippen LogP contribution in [0.1, 0.15) is 34.1 Å². The van der Waals surface area contributed by atoms with Crippen LogP contribution in [0.3, 0.4) is 0 Å². The first-order valence-electron chi connectivity index (χ1n) is 7.92. The molecule has 29 heavy (non-hydrogen) atoms. The van der Waals surface area contributed by atoms with Crippen molar-refractivity contribution in [3.8, 4) is 0 Å². The Morgan fingerprint density at radius 2 is 1.41 bits per heavy atom. The molecule has 1 aromatic rings. The molecular formula is C19H20O10. The summed E-state index contributed by atoms with van der Waals surface area (Å²) in [5.41, 5.74) is -0.252. The highest BCUT2D eigenvalue weighted by molar-refractivity contribution is 6.02. The quantitative estimate of drug-likeness (QED) is 0.311. The van der Waals surface area contributed by atoms with Crippen molar-refractivity contribution in [3.63, 3.8) is 0 Å². The van der Waals surface area contributed by atoms with E-state index in [9.17, 15) is 24.0 Å². The Morgan fingerprint density at radius 3 is 1.83 bits per heavy atom. The second-order valence-corrected chi connectivity index (χ2v) is 5.38. The Hall–Kier alpha value is -3.95. The Balaban J connectivity index is 0.000000734. The SMILES string of the molecule is C=C(C)C(=O)OCCOC(=O)c1ccccc1C(=O)O.C=C(CC(=O)O)C(=O)O. The third-order valence-corrected chi connectivity index (χ3v) is 2.94. The molecular weight excluding hydrogens is 388 g/mol. The van der Waals surface area contributed by atoms with Crippen LogP contribution in [0, 0.1) is 0 Å². The maximum Gasteiger partial charge on any atom is 0.339 e. The van der Waals surface area contributed by atoms with Crippen molar-refractivity contribution in [2.45, 2.75) is 13.3 Å². The van der Waals surface area contributed by atoms with Gasteiger partial charge in [0.05, 0.1) is 17.5 Å². The molecule has 0 atom stereocenters. The molecule has 0 heterocycles. The van der Waals surface area contributed by atoms with Gasteiger partial charge in [0.15, 0.2) is 0 Å². The number of rotatable bonds is 9. The highest BCUT2D eigenvalue weighted by atomic mass is 16.6. The standard InChI is InChI=1S/C14H14O6.C5H6O4/c1-9(2)13(17)19-7-8-20-14(18)11-6-4-3-5-10(11)12(15)16;1-3(5(8)9)2-4(6)7/h3-6H,1,7-8H2,2H3,(H,15,16);1-2H2,(H,6,7)(H,8,9). The van der Waals surface area contributed by atoms with Crippen LogP contribution in [0.4, 0.5) is 0 Å². The predicted molar refractivity (Wildman–Crippen MR) is 98.5 cm³/mol. The van der Waals surface area contributed by atoms with Gasteiger partial charge in [-0.1, -0.05) is 25.3 Å². The van der Waals surface area contributed by atoms with E-state index in [0.29, 0.717) is 0 Å². The number of benzene rings is 1. The van der Waals surface area contributed by atoms with Crippen LogP contribution >= 0.6 is 0 Å². The Morgan fingerprint density at radius 1 is 0.897 bits per heavy atom. The third kappa shape index (κ3) is 10.1. The molecule has 0 aliphatic heterocycles. The smallest absolute Gasteiger partial charge is 0.339 e. The fraction of sp³-hybridized carbons (Fsp3) is 0.211. The Kier molecular flexibility index (Phi) is 10.7. The lowest BCUT2D eigenvalue weighted by molar-refractivity contribution is -0.140. The van der Waals surface area contributed by atoms with Crippen LogP contribution < -0.4 is 0 Å². The molecule has 0 amide bonds. The number of ether oxygens (including phenoxy) is 2. The Bertz CT molecular complexity index is 822. The summed E-state index contributed by atoms with van der Waals surface area (Å²) in [6.07, 6.45) is -0.505. The van der Waals surface area contributed by atoms with Gasteiger partial charge in [0.25, 0.3) is 0 Å². The fourth-order valence-electron chi connectivity index (χ4n) is 1.58. The molecule has 0 aromatic heterocycles. The van der Waals surface area contributed by atoms with Gasteiger partial charge < -0.3 is 24.8 Å². The van der Waals surface area contributed by atoms with E-state index in [1.165, 1.54) is 31.2 Å². The van der Waals surface area contributed by atoms with E-state index in [-0.39, 0.29) is 35.5 Å². The zero-order chi connectivity index (χ0) is 22.6. The number of carboxylic acid groups (broad SMARTS) is 3. The second-order valence-electron chi connectivity index (χ2n) is 5.38. The molecule has 0 aliphatic rings. The van der Waals surface area contributed by atoms with Crippen molar-refractivity contribution in [1.29, 1.82) is 0 Å². The number of aromatic carboxylic acids is 1. The van der Waals surface area contributed by atoms with Gasteiger partial charge in [0.1, 0.15) is 13.2 Å². The van der Waals surface area contributed by atoms with Crippen LogP contribution in [0.25, 0.3) is 0 Å². The van der Waals surface area contributed by atoms with Crippen LogP contribution in [0.15, 0.2) is 48.6 Å². The fourth-order valence-corrected chi connectivity index (χ4v) is 1.58. The first-order valence-corrected chi connectivity index (χ1v) is 7.92. The predicted octanol–water partition coefficient (Wildman–Crippen LogP) is 1.76. The summed E-state index contributed by atoms with van der Waals surface area (Å²) < 4.78 is 9.58. The van der Waals surface area contributed by atoms with Crippen molar-refractivity contribution in [3.05, 3.63) is 59.7 Å². The summed E-state index contributed by atoms with van der Waals surface area (Å²) in [6, 6.07) is 5.70. The highest BCUT2D eigenvalue weighted by Crippen LogP contribution is 2.10. The average molecular weight is 408 g/mol. The Labute approximate surface area is 165 Å². The molecule has 0 spiro atoms. The third-order valence-electron chi connectivity index (χ3n) is 2.94. The van der Waals surface area contributed by atoms with E-state index >= 15 is 0 Å².